The third-order valence-corrected chi connectivity index (χ3v) is 4.48. The van der Waals surface area contributed by atoms with Gasteiger partial charge in [0.15, 0.2) is 0 Å². The van der Waals surface area contributed by atoms with Gasteiger partial charge in [0.1, 0.15) is 5.82 Å². The summed E-state index contributed by atoms with van der Waals surface area (Å²) in [6.07, 6.45) is 0.940. The summed E-state index contributed by atoms with van der Waals surface area (Å²) in [5, 5.41) is 3.26. The number of thiophene rings is 1. The number of esters is 1. The van der Waals surface area contributed by atoms with E-state index in [9.17, 15) is 4.79 Å². The normalized spacial score (nSPS) is 10.3. The van der Waals surface area contributed by atoms with Gasteiger partial charge in [-0.25, -0.2) is 9.78 Å². The first kappa shape index (κ1) is 15.0. The lowest BCUT2D eigenvalue weighted by atomic mass is 10.2. The lowest BCUT2D eigenvalue weighted by molar-refractivity contribution is 0.0599. The van der Waals surface area contributed by atoms with Crippen molar-refractivity contribution in [2.24, 2.45) is 0 Å². The number of anilines is 1. The number of aromatic nitrogens is 1. The Balaban J connectivity index is 1.93. The number of hydrogen-bond donors (Lipinski definition) is 1. The Morgan fingerprint density at radius 1 is 1.40 bits per heavy atom. The molecule has 1 N–H and O–H groups in total. The van der Waals surface area contributed by atoms with Crippen LogP contribution in [0.15, 0.2) is 28.1 Å². The monoisotopic (exact) mass is 354 g/mol. The third kappa shape index (κ3) is 3.80. The fourth-order valence-corrected chi connectivity index (χ4v) is 3.27. The van der Waals surface area contributed by atoms with Gasteiger partial charge in [-0.05, 0) is 53.5 Å². The number of aryl methyl sites for hydroxylation is 1. The van der Waals surface area contributed by atoms with Crippen LogP contribution in [-0.4, -0.2) is 24.6 Å². The van der Waals surface area contributed by atoms with Crippen molar-refractivity contribution in [2.45, 2.75) is 13.3 Å². The molecule has 0 unspecified atom stereocenters. The minimum atomic E-state index is -0.356. The van der Waals surface area contributed by atoms with Crippen LogP contribution < -0.4 is 5.32 Å². The molecule has 0 aromatic carbocycles. The fourth-order valence-electron chi connectivity index (χ4n) is 1.79. The Morgan fingerprint density at radius 2 is 2.20 bits per heavy atom. The van der Waals surface area contributed by atoms with E-state index >= 15 is 0 Å². The number of nitrogens with zero attached hydrogens (tertiary/aromatic N) is 1. The highest BCUT2D eigenvalue weighted by molar-refractivity contribution is 9.11. The van der Waals surface area contributed by atoms with Gasteiger partial charge in [0.2, 0.25) is 0 Å². The number of ether oxygens (including phenoxy) is 1. The fraction of sp³-hybridized carbons (Fsp3) is 0.286. The summed E-state index contributed by atoms with van der Waals surface area (Å²) in [6.45, 7) is 2.60. The molecular formula is C14H15BrN2O2S. The molecule has 0 fully saturated rings. The summed E-state index contributed by atoms with van der Waals surface area (Å²) < 4.78 is 5.84. The molecule has 4 nitrogen and oxygen atoms in total. The molecule has 0 saturated carbocycles. The topological polar surface area (TPSA) is 51.2 Å². The SMILES string of the molecule is COC(=O)c1ccc(NCCc2ccc(Br)s2)nc1C. The van der Waals surface area contributed by atoms with Gasteiger partial charge in [0, 0.05) is 11.4 Å². The summed E-state index contributed by atoms with van der Waals surface area (Å²) in [6, 6.07) is 7.69. The molecule has 2 aromatic heterocycles. The lowest BCUT2D eigenvalue weighted by Crippen LogP contribution is -2.09. The van der Waals surface area contributed by atoms with E-state index in [1.165, 1.54) is 12.0 Å². The van der Waals surface area contributed by atoms with Gasteiger partial charge in [-0.15, -0.1) is 11.3 Å². The maximum atomic E-state index is 11.5. The average Bonchev–Trinajstić information content (AvgIpc) is 2.84. The summed E-state index contributed by atoms with van der Waals surface area (Å²) in [5.74, 6) is 0.413. The van der Waals surface area contributed by atoms with Crippen molar-refractivity contribution in [3.8, 4) is 0 Å². The van der Waals surface area contributed by atoms with E-state index in [0.29, 0.717) is 11.3 Å². The van der Waals surface area contributed by atoms with Crippen LogP contribution in [0.4, 0.5) is 5.82 Å². The molecule has 2 rings (SSSR count). The molecule has 2 aromatic rings. The molecule has 106 valence electrons. The Labute approximate surface area is 130 Å². The second kappa shape index (κ2) is 6.85. The molecule has 0 amide bonds. The number of methoxy groups -OCH3 is 1. The van der Waals surface area contributed by atoms with Crippen molar-refractivity contribution in [1.29, 1.82) is 0 Å². The van der Waals surface area contributed by atoms with Gasteiger partial charge in [0.05, 0.1) is 22.2 Å². The van der Waals surface area contributed by atoms with Crippen molar-refractivity contribution < 1.29 is 9.53 Å². The number of halogens is 1. The maximum Gasteiger partial charge on any atom is 0.339 e. The van der Waals surface area contributed by atoms with Gasteiger partial charge >= 0.3 is 5.97 Å². The van der Waals surface area contributed by atoms with Crippen LogP contribution in [0.5, 0.6) is 0 Å². The zero-order chi connectivity index (χ0) is 14.5. The first-order chi connectivity index (χ1) is 9.60. The third-order valence-electron chi connectivity index (χ3n) is 2.80. The van der Waals surface area contributed by atoms with Gasteiger partial charge in [-0.3, -0.25) is 0 Å². The number of nitrogens with one attached hydrogen (secondary N) is 1. The van der Waals surface area contributed by atoms with E-state index < -0.39 is 0 Å². The van der Waals surface area contributed by atoms with Crippen molar-refractivity contribution in [1.82, 2.24) is 4.98 Å². The zero-order valence-corrected chi connectivity index (χ0v) is 13.7. The maximum absolute atomic E-state index is 11.5. The number of carbonyl (C=O) groups is 1. The van der Waals surface area contributed by atoms with Crippen LogP contribution in [0.25, 0.3) is 0 Å². The van der Waals surface area contributed by atoms with Crippen LogP contribution in [-0.2, 0) is 11.2 Å². The van der Waals surface area contributed by atoms with Crippen LogP contribution in [0.2, 0.25) is 0 Å². The van der Waals surface area contributed by atoms with E-state index in [2.05, 4.69) is 32.3 Å². The summed E-state index contributed by atoms with van der Waals surface area (Å²) in [4.78, 5) is 17.1. The van der Waals surface area contributed by atoms with E-state index in [0.717, 1.165) is 22.6 Å². The van der Waals surface area contributed by atoms with Crippen molar-refractivity contribution in [3.63, 3.8) is 0 Å². The van der Waals surface area contributed by atoms with Gasteiger partial charge < -0.3 is 10.1 Å². The first-order valence-electron chi connectivity index (χ1n) is 6.14. The average molecular weight is 355 g/mol. The Kier molecular flexibility index (Phi) is 5.14. The highest BCUT2D eigenvalue weighted by Gasteiger charge is 2.10. The number of hydrogen-bond acceptors (Lipinski definition) is 5. The Bertz CT molecular complexity index is 613. The van der Waals surface area contributed by atoms with Crippen LogP contribution in [0, 0.1) is 6.92 Å². The molecule has 0 saturated heterocycles. The van der Waals surface area contributed by atoms with Crippen molar-refractivity contribution in [3.05, 3.63) is 44.2 Å². The molecule has 6 heteroatoms. The summed E-state index contributed by atoms with van der Waals surface area (Å²) in [7, 11) is 1.37. The molecule has 20 heavy (non-hydrogen) atoms. The smallest absolute Gasteiger partial charge is 0.339 e. The number of pyridine rings is 1. The minimum absolute atomic E-state index is 0.356. The number of rotatable bonds is 5. The molecule has 0 atom stereocenters. The first-order valence-corrected chi connectivity index (χ1v) is 7.75. The van der Waals surface area contributed by atoms with Crippen LogP contribution in [0.1, 0.15) is 20.9 Å². The molecule has 0 spiro atoms. The zero-order valence-electron chi connectivity index (χ0n) is 11.3. The highest BCUT2D eigenvalue weighted by Crippen LogP contribution is 2.22. The van der Waals surface area contributed by atoms with Crippen LogP contribution in [0.3, 0.4) is 0 Å². The molecule has 0 aliphatic rings. The Hall–Kier alpha value is -1.40. The second-order valence-corrected chi connectivity index (χ2v) is 6.75. The molecule has 0 radical (unpaired) electrons. The highest BCUT2D eigenvalue weighted by atomic mass is 79.9. The second-order valence-electron chi connectivity index (χ2n) is 4.20. The predicted octanol–water partition coefficient (Wildman–Crippen LogP) is 3.66. The molecule has 0 bridgehead atoms. The lowest BCUT2D eigenvalue weighted by Gasteiger charge is -2.08. The van der Waals surface area contributed by atoms with E-state index in [1.54, 1.807) is 30.4 Å². The molecular weight excluding hydrogens is 340 g/mol. The van der Waals surface area contributed by atoms with Gasteiger partial charge in [-0.1, -0.05) is 0 Å². The van der Waals surface area contributed by atoms with Gasteiger partial charge in [-0.2, -0.15) is 0 Å². The summed E-state index contributed by atoms with van der Waals surface area (Å²) >= 11 is 5.18. The minimum Gasteiger partial charge on any atom is -0.465 e. The van der Waals surface area contributed by atoms with Crippen LogP contribution >= 0.6 is 27.3 Å². The number of carbonyl (C=O) groups excluding carboxylic acids is 1. The molecule has 0 aliphatic carbocycles. The quantitative estimate of drug-likeness (QED) is 0.832. The Morgan fingerprint density at radius 3 is 2.80 bits per heavy atom. The van der Waals surface area contributed by atoms with Crippen molar-refractivity contribution in [2.75, 3.05) is 19.0 Å². The molecule has 0 aliphatic heterocycles. The largest absolute Gasteiger partial charge is 0.465 e. The van der Waals surface area contributed by atoms with E-state index in [-0.39, 0.29) is 5.97 Å². The van der Waals surface area contributed by atoms with Crippen molar-refractivity contribution >= 4 is 39.1 Å². The van der Waals surface area contributed by atoms with Gasteiger partial charge in [0.25, 0.3) is 0 Å². The van der Waals surface area contributed by atoms with E-state index in [1.807, 2.05) is 6.07 Å². The van der Waals surface area contributed by atoms with E-state index in [4.69, 9.17) is 4.74 Å². The standard InChI is InChI=1S/C14H15BrN2O2S/c1-9-11(14(18)19-2)4-6-13(17-9)16-8-7-10-3-5-12(15)20-10/h3-6H,7-8H2,1-2H3,(H,16,17). The molecule has 2 heterocycles. The summed E-state index contributed by atoms with van der Waals surface area (Å²) in [5.41, 5.74) is 1.17. The predicted molar refractivity (Wildman–Crippen MR) is 84.5 cm³/mol.